The molecule has 0 fully saturated rings. The van der Waals surface area contributed by atoms with E-state index in [1.54, 1.807) is 0 Å². The first kappa shape index (κ1) is 23.4. The molecule has 0 atom stereocenters. The highest BCUT2D eigenvalue weighted by Gasteiger charge is 2.15. The molecule has 0 bridgehead atoms. The zero-order valence-electron chi connectivity index (χ0n) is 14.9. The first-order valence-corrected chi connectivity index (χ1v) is 11.4. The summed E-state index contributed by atoms with van der Waals surface area (Å²) in [5.41, 5.74) is 5.52. The fraction of sp³-hybridized carbons (Fsp3) is 0.235. The predicted octanol–water partition coefficient (Wildman–Crippen LogP) is 3.02. The number of carbonyl (C=O) groups is 1. The Balaban J connectivity index is 1.90. The van der Waals surface area contributed by atoms with E-state index in [1.165, 1.54) is 24.3 Å². The van der Waals surface area contributed by atoms with Crippen molar-refractivity contribution in [3.05, 3.63) is 53.6 Å². The number of amides is 1. The standard InChI is InChI=1S/C17H17F3N2O4S3/c18-14-7-12(8-15(19)17(14)26-9-16(21)23)27-6-5-22-29(24,25)13-3-1-11(2-4-13)10-28-20/h1-4,7-8,22H,5-6,9-10H2,(H2,21,23). The summed E-state index contributed by atoms with van der Waals surface area (Å²) in [7, 11) is -3.76. The molecule has 12 heteroatoms. The number of sulfonamides is 1. The van der Waals surface area contributed by atoms with Gasteiger partial charge in [0.05, 0.1) is 10.6 Å². The summed E-state index contributed by atoms with van der Waals surface area (Å²) >= 11 is 1.17. The second-order valence-electron chi connectivity index (χ2n) is 5.61. The van der Waals surface area contributed by atoms with Crippen LogP contribution in [0, 0.1) is 11.6 Å². The molecule has 6 nitrogen and oxygen atoms in total. The lowest BCUT2D eigenvalue weighted by Crippen LogP contribution is -2.26. The molecular formula is C17H17F3N2O4S3. The number of nitrogens with two attached hydrogens (primary N) is 1. The average molecular weight is 467 g/mol. The van der Waals surface area contributed by atoms with Crippen LogP contribution in [-0.4, -0.2) is 33.2 Å². The van der Waals surface area contributed by atoms with Crippen molar-refractivity contribution in [3.8, 4) is 5.75 Å². The quantitative estimate of drug-likeness (QED) is 0.390. The fourth-order valence-corrected chi connectivity index (χ4v) is 4.45. The Labute approximate surface area is 174 Å². The molecule has 158 valence electrons. The molecule has 0 saturated heterocycles. The van der Waals surface area contributed by atoms with Crippen molar-refractivity contribution in [1.29, 1.82) is 0 Å². The molecule has 0 aliphatic carbocycles. The second kappa shape index (κ2) is 10.8. The molecule has 0 saturated carbocycles. The fourth-order valence-electron chi connectivity index (χ4n) is 2.16. The first-order valence-electron chi connectivity index (χ1n) is 8.08. The maximum atomic E-state index is 13.9. The van der Waals surface area contributed by atoms with Crippen LogP contribution in [0.25, 0.3) is 0 Å². The van der Waals surface area contributed by atoms with Gasteiger partial charge in [-0.2, -0.15) is 3.89 Å². The smallest absolute Gasteiger partial charge is 0.255 e. The number of hydrogen-bond donors (Lipinski definition) is 2. The highest BCUT2D eigenvalue weighted by atomic mass is 32.2. The van der Waals surface area contributed by atoms with Gasteiger partial charge in [-0.25, -0.2) is 21.9 Å². The minimum absolute atomic E-state index is 0.0122. The van der Waals surface area contributed by atoms with Crippen LogP contribution in [0.4, 0.5) is 12.7 Å². The summed E-state index contributed by atoms with van der Waals surface area (Å²) < 4.78 is 71.5. The lowest BCUT2D eigenvalue weighted by molar-refractivity contribution is -0.120. The number of primary amides is 1. The Bertz CT molecular complexity index is 934. The summed E-state index contributed by atoms with van der Waals surface area (Å²) in [5.74, 6) is -3.24. The summed E-state index contributed by atoms with van der Waals surface area (Å²) in [6.45, 7) is -0.645. The zero-order valence-corrected chi connectivity index (χ0v) is 17.3. The Kier molecular flexibility index (Phi) is 8.68. The highest BCUT2D eigenvalue weighted by molar-refractivity contribution is 7.99. The molecule has 0 heterocycles. The maximum Gasteiger partial charge on any atom is 0.255 e. The molecule has 2 rings (SSSR count). The zero-order chi connectivity index (χ0) is 21.4. The minimum atomic E-state index is -3.76. The van der Waals surface area contributed by atoms with Crippen LogP contribution in [0.5, 0.6) is 5.75 Å². The SMILES string of the molecule is NC(=O)COc1c(F)cc(SCCNS(=O)(=O)c2ccc(CSF)cc2)cc1F. The molecule has 0 spiro atoms. The van der Waals surface area contributed by atoms with Crippen LogP contribution in [0.15, 0.2) is 46.2 Å². The van der Waals surface area contributed by atoms with Gasteiger partial charge in [0.2, 0.25) is 10.0 Å². The van der Waals surface area contributed by atoms with E-state index in [2.05, 4.69) is 9.46 Å². The monoisotopic (exact) mass is 466 g/mol. The summed E-state index contributed by atoms with van der Waals surface area (Å²) in [6.07, 6.45) is 0. The molecule has 0 aliphatic rings. The van der Waals surface area contributed by atoms with Crippen molar-refractivity contribution in [3.63, 3.8) is 0 Å². The van der Waals surface area contributed by atoms with Gasteiger partial charge in [-0.15, -0.1) is 11.8 Å². The first-order chi connectivity index (χ1) is 13.7. The number of halogens is 3. The Morgan fingerprint density at radius 1 is 1.14 bits per heavy atom. The molecule has 0 aliphatic heterocycles. The van der Waals surface area contributed by atoms with Gasteiger partial charge in [0.1, 0.15) is 0 Å². The minimum Gasteiger partial charge on any atom is -0.478 e. The molecule has 0 aromatic heterocycles. The van der Waals surface area contributed by atoms with Crippen molar-refractivity contribution in [2.45, 2.75) is 15.5 Å². The van der Waals surface area contributed by atoms with E-state index in [9.17, 15) is 25.9 Å². The van der Waals surface area contributed by atoms with Gasteiger partial charge < -0.3 is 10.5 Å². The Morgan fingerprint density at radius 2 is 1.76 bits per heavy atom. The van der Waals surface area contributed by atoms with Crippen LogP contribution in [-0.2, 0) is 20.6 Å². The molecule has 0 radical (unpaired) electrons. The third-order valence-electron chi connectivity index (χ3n) is 3.45. The number of carbonyl (C=O) groups excluding carboxylic acids is 1. The van der Waals surface area contributed by atoms with E-state index < -0.39 is 39.9 Å². The normalized spacial score (nSPS) is 11.4. The summed E-state index contributed by atoms with van der Waals surface area (Å²) in [4.78, 5) is 10.9. The van der Waals surface area contributed by atoms with Gasteiger partial charge in [-0.05, 0) is 29.8 Å². The topological polar surface area (TPSA) is 98.5 Å². The Morgan fingerprint density at radius 3 is 2.31 bits per heavy atom. The van der Waals surface area contributed by atoms with Crippen molar-refractivity contribution in [2.75, 3.05) is 18.9 Å². The lowest BCUT2D eigenvalue weighted by atomic mass is 10.2. The predicted molar refractivity (Wildman–Crippen MR) is 106 cm³/mol. The second-order valence-corrected chi connectivity index (χ2v) is 9.06. The van der Waals surface area contributed by atoms with E-state index in [0.29, 0.717) is 5.56 Å². The number of nitrogens with one attached hydrogen (secondary N) is 1. The van der Waals surface area contributed by atoms with Gasteiger partial charge in [-0.3, -0.25) is 4.79 Å². The van der Waals surface area contributed by atoms with Crippen LogP contribution in [0.1, 0.15) is 5.56 Å². The molecule has 2 aromatic rings. The number of hydrogen-bond acceptors (Lipinski definition) is 6. The molecule has 29 heavy (non-hydrogen) atoms. The molecule has 1 amide bonds. The third-order valence-corrected chi connectivity index (χ3v) is 6.34. The van der Waals surface area contributed by atoms with E-state index in [1.807, 2.05) is 0 Å². The highest BCUT2D eigenvalue weighted by Crippen LogP contribution is 2.28. The molecular weight excluding hydrogens is 449 g/mol. The van der Waals surface area contributed by atoms with Gasteiger partial charge in [0.15, 0.2) is 24.0 Å². The number of rotatable bonds is 11. The van der Waals surface area contributed by atoms with E-state index in [-0.39, 0.29) is 40.0 Å². The van der Waals surface area contributed by atoms with Gasteiger partial charge in [0.25, 0.3) is 5.91 Å². The number of ether oxygens (including phenoxy) is 1. The van der Waals surface area contributed by atoms with Gasteiger partial charge in [-0.1, -0.05) is 12.1 Å². The maximum absolute atomic E-state index is 13.9. The molecule has 0 unspecified atom stereocenters. The van der Waals surface area contributed by atoms with Gasteiger partial charge in [0, 0.05) is 29.3 Å². The van der Waals surface area contributed by atoms with Crippen LogP contribution >= 0.6 is 23.9 Å². The lowest BCUT2D eigenvalue weighted by Gasteiger charge is -2.10. The van der Waals surface area contributed by atoms with Crippen LogP contribution in [0.2, 0.25) is 0 Å². The summed E-state index contributed by atoms with van der Waals surface area (Å²) in [6, 6.07) is 7.81. The Hall–Kier alpha value is -1.89. The van der Waals surface area contributed by atoms with Crippen molar-refractivity contribution >= 4 is 39.8 Å². The van der Waals surface area contributed by atoms with E-state index >= 15 is 0 Å². The molecule has 2 aromatic carbocycles. The van der Waals surface area contributed by atoms with E-state index in [0.717, 1.165) is 23.9 Å². The van der Waals surface area contributed by atoms with Crippen molar-refractivity contribution < 1.29 is 30.6 Å². The summed E-state index contributed by atoms with van der Waals surface area (Å²) in [5, 5.41) is 0. The van der Waals surface area contributed by atoms with E-state index in [4.69, 9.17) is 5.73 Å². The number of benzene rings is 2. The van der Waals surface area contributed by atoms with Crippen LogP contribution in [0.3, 0.4) is 0 Å². The van der Waals surface area contributed by atoms with Crippen molar-refractivity contribution in [2.24, 2.45) is 5.73 Å². The largest absolute Gasteiger partial charge is 0.478 e. The number of thioether (sulfide) groups is 1. The van der Waals surface area contributed by atoms with Gasteiger partial charge >= 0.3 is 0 Å². The van der Waals surface area contributed by atoms with Crippen molar-refractivity contribution in [1.82, 2.24) is 4.72 Å². The average Bonchev–Trinajstić information content (AvgIpc) is 2.65. The molecule has 3 N–H and O–H groups in total. The third kappa shape index (κ3) is 7.14. The van der Waals surface area contributed by atoms with Crippen LogP contribution < -0.4 is 15.2 Å².